The Labute approximate surface area is 306 Å². The SMILES string of the molecule is Cc1cc(C)c(N2CCN(c3c(C)cc(C)cc3C)C2=C2CCCC(P(C3CCCCC3)C3CCCCC3)C2=CCc2ccccc2)c(C)c1. The summed E-state index contributed by atoms with van der Waals surface area (Å²) in [6.07, 6.45) is 22.4. The first-order valence-electron chi connectivity index (χ1n) is 20.3. The molecule has 0 amide bonds. The van der Waals surface area contributed by atoms with Crippen molar-refractivity contribution < 1.29 is 0 Å². The molecule has 3 aliphatic carbocycles. The lowest BCUT2D eigenvalue weighted by Crippen LogP contribution is -2.33. The number of hydrogen-bond acceptors (Lipinski definition) is 2. The van der Waals surface area contributed by atoms with Crippen LogP contribution < -0.4 is 9.80 Å². The Morgan fingerprint density at radius 2 is 1.08 bits per heavy atom. The number of nitrogens with zero attached hydrogens (tertiary/aromatic N) is 2. The third kappa shape index (κ3) is 7.39. The fraction of sp³-hybridized carbons (Fsp3) is 0.532. The first-order chi connectivity index (χ1) is 24.3. The van der Waals surface area contributed by atoms with Crippen molar-refractivity contribution in [2.45, 2.75) is 148 Å². The third-order valence-electron chi connectivity index (χ3n) is 12.5. The van der Waals surface area contributed by atoms with Crippen molar-refractivity contribution in [2.24, 2.45) is 0 Å². The Morgan fingerprint density at radius 3 is 1.56 bits per heavy atom. The molecule has 0 spiro atoms. The van der Waals surface area contributed by atoms with Gasteiger partial charge in [0.25, 0.3) is 0 Å². The van der Waals surface area contributed by atoms with Gasteiger partial charge in [-0.25, -0.2) is 0 Å². The lowest BCUT2D eigenvalue weighted by atomic mass is 9.86. The Morgan fingerprint density at radius 1 is 0.600 bits per heavy atom. The van der Waals surface area contributed by atoms with Crippen molar-refractivity contribution >= 4 is 19.3 Å². The molecule has 4 fully saturated rings. The van der Waals surface area contributed by atoms with Crippen LogP contribution in [0.25, 0.3) is 0 Å². The monoisotopic (exact) mass is 686 g/mol. The zero-order valence-corrected chi connectivity index (χ0v) is 33.1. The molecule has 3 aromatic rings. The third-order valence-corrected chi connectivity index (χ3v) is 16.5. The standard InChI is InChI=1S/C47H63N2P/c1-33-29-35(3)45(36(4)30-33)48-27-28-49(46-37(5)31-34(2)32-38(46)6)47(48)43-23-16-24-44(42(43)26-25-39-17-10-7-11-18-39)50(40-19-12-8-13-20-40)41-21-14-9-15-22-41/h7,10-11,17-18,26,29-32,40-41,44H,8-9,12-16,19-25,27-28H2,1-6H3. The van der Waals surface area contributed by atoms with Crippen molar-refractivity contribution in [2.75, 3.05) is 22.9 Å². The van der Waals surface area contributed by atoms with Gasteiger partial charge in [0, 0.05) is 30.1 Å². The second-order valence-electron chi connectivity index (χ2n) is 16.4. The summed E-state index contributed by atoms with van der Waals surface area (Å²) in [6, 6.07) is 21.0. The predicted octanol–water partition coefficient (Wildman–Crippen LogP) is 12.9. The second kappa shape index (κ2) is 15.8. The highest BCUT2D eigenvalue weighted by molar-refractivity contribution is 7.60. The molecule has 3 saturated carbocycles. The van der Waals surface area contributed by atoms with E-state index in [4.69, 9.17) is 0 Å². The van der Waals surface area contributed by atoms with Crippen molar-refractivity contribution in [3.05, 3.63) is 117 Å². The van der Waals surface area contributed by atoms with Crippen molar-refractivity contribution in [1.29, 1.82) is 0 Å². The van der Waals surface area contributed by atoms with Gasteiger partial charge in [-0.3, -0.25) is 0 Å². The molecule has 2 nitrogen and oxygen atoms in total. The maximum atomic E-state index is 2.78. The fourth-order valence-electron chi connectivity index (χ4n) is 10.7. The van der Waals surface area contributed by atoms with E-state index in [0.717, 1.165) is 36.5 Å². The summed E-state index contributed by atoms with van der Waals surface area (Å²) in [5.41, 5.74) is 18.8. The minimum Gasteiger partial charge on any atom is -0.325 e. The van der Waals surface area contributed by atoms with E-state index in [0.29, 0.717) is 0 Å². The summed E-state index contributed by atoms with van der Waals surface area (Å²) in [4.78, 5) is 5.56. The minimum atomic E-state index is -0.0860. The Balaban J connectivity index is 1.44. The van der Waals surface area contributed by atoms with E-state index >= 15 is 0 Å². The van der Waals surface area contributed by atoms with Crippen LogP contribution in [0.3, 0.4) is 0 Å². The minimum absolute atomic E-state index is 0.0860. The predicted molar refractivity (Wildman–Crippen MR) is 220 cm³/mol. The maximum Gasteiger partial charge on any atom is 0.117 e. The summed E-state index contributed by atoms with van der Waals surface area (Å²) in [5, 5.41) is 0. The van der Waals surface area contributed by atoms with E-state index in [1.807, 2.05) is 0 Å². The highest BCUT2D eigenvalue weighted by Gasteiger charge is 2.42. The van der Waals surface area contributed by atoms with Crippen molar-refractivity contribution in [3.8, 4) is 0 Å². The van der Waals surface area contributed by atoms with E-state index in [-0.39, 0.29) is 7.92 Å². The van der Waals surface area contributed by atoms with Crippen LogP contribution in [0.1, 0.15) is 122 Å². The van der Waals surface area contributed by atoms with Crippen LogP contribution in [-0.4, -0.2) is 30.1 Å². The van der Waals surface area contributed by atoms with Crippen LogP contribution in [0.15, 0.2) is 77.6 Å². The molecule has 1 heterocycles. The summed E-state index contributed by atoms with van der Waals surface area (Å²) < 4.78 is 0. The number of anilines is 2. The van der Waals surface area contributed by atoms with Gasteiger partial charge in [-0.15, -0.1) is 0 Å². The molecule has 1 aliphatic heterocycles. The molecule has 0 radical (unpaired) electrons. The van der Waals surface area contributed by atoms with Gasteiger partial charge in [-0.05, 0) is 143 Å². The molecule has 50 heavy (non-hydrogen) atoms. The molecular weight excluding hydrogens is 624 g/mol. The van der Waals surface area contributed by atoms with Crippen molar-refractivity contribution in [1.82, 2.24) is 0 Å². The average molecular weight is 687 g/mol. The normalized spacial score (nSPS) is 22.0. The second-order valence-corrected chi connectivity index (χ2v) is 19.4. The zero-order chi connectivity index (χ0) is 34.8. The smallest absolute Gasteiger partial charge is 0.117 e. The van der Waals surface area contributed by atoms with E-state index in [1.165, 1.54) is 140 Å². The number of allylic oxidation sites excluding steroid dienone is 3. The maximum absolute atomic E-state index is 2.78. The fourth-order valence-corrected chi connectivity index (χ4v) is 15.3. The van der Waals surface area contributed by atoms with Crippen LogP contribution in [0.4, 0.5) is 11.4 Å². The molecule has 0 N–H and O–H groups in total. The van der Waals surface area contributed by atoms with E-state index < -0.39 is 0 Å². The van der Waals surface area contributed by atoms with E-state index in [9.17, 15) is 0 Å². The van der Waals surface area contributed by atoms with Gasteiger partial charge >= 0.3 is 0 Å². The van der Waals surface area contributed by atoms with Crippen molar-refractivity contribution in [3.63, 3.8) is 0 Å². The number of hydrogen-bond donors (Lipinski definition) is 0. The number of aryl methyl sites for hydroxylation is 6. The Hall–Kier alpha value is -2.83. The average Bonchev–Trinajstić information content (AvgIpc) is 3.51. The summed E-state index contributed by atoms with van der Waals surface area (Å²) >= 11 is 0. The first kappa shape index (κ1) is 35.6. The molecule has 1 saturated heterocycles. The Kier molecular flexibility index (Phi) is 11.3. The van der Waals surface area contributed by atoms with Gasteiger partial charge in [0.05, 0.1) is 0 Å². The molecule has 0 bridgehead atoms. The summed E-state index contributed by atoms with van der Waals surface area (Å²) in [5.74, 6) is 1.50. The van der Waals surface area contributed by atoms with Crippen LogP contribution in [0.5, 0.6) is 0 Å². The summed E-state index contributed by atoms with van der Waals surface area (Å²) in [6.45, 7) is 16.0. The first-order valence-corrected chi connectivity index (χ1v) is 21.8. The van der Waals surface area contributed by atoms with Gasteiger partial charge in [0.2, 0.25) is 0 Å². The lowest BCUT2D eigenvalue weighted by Gasteiger charge is -2.46. The molecule has 3 aromatic carbocycles. The molecule has 1 unspecified atom stereocenters. The molecule has 7 rings (SSSR count). The molecule has 0 aromatic heterocycles. The number of rotatable bonds is 7. The van der Waals surface area contributed by atoms with Gasteiger partial charge in [0.1, 0.15) is 5.82 Å². The van der Waals surface area contributed by atoms with Gasteiger partial charge < -0.3 is 9.80 Å². The quantitative estimate of drug-likeness (QED) is 0.228. The van der Waals surface area contributed by atoms with Crippen LogP contribution >= 0.6 is 7.92 Å². The van der Waals surface area contributed by atoms with E-state index in [2.05, 4.69) is 112 Å². The highest BCUT2D eigenvalue weighted by Crippen LogP contribution is 2.64. The van der Waals surface area contributed by atoms with Gasteiger partial charge in [-0.2, -0.15) is 0 Å². The molecular formula is C47H63N2P. The van der Waals surface area contributed by atoms with Gasteiger partial charge in [0.15, 0.2) is 0 Å². The molecule has 3 heteroatoms. The largest absolute Gasteiger partial charge is 0.325 e. The zero-order valence-electron chi connectivity index (χ0n) is 32.2. The lowest BCUT2D eigenvalue weighted by molar-refractivity contribution is 0.479. The van der Waals surface area contributed by atoms with Gasteiger partial charge in [-0.1, -0.05) is 118 Å². The Bertz CT molecular complexity index is 1570. The molecule has 1 atom stereocenters. The van der Waals surface area contributed by atoms with Crippen LogP contribution in [0, 0.1) is 41.5 Å². The highest BCUT2D eigenvalue weighted by atomic mass is 31.1. The van der Waals surface area contributed by atoms with E-state index in [1.54, 1.807) is 11.1 Å². The molecule has 4 aliphatic rings. The van der Waals surface area contributed by atoms with Crippen LogP contribution in [-0.2, 0) is 6.42 Å². The topological polar surface area (TPSA) is 6.48 Å². The number of benzene rings is 3. The molecule has 266 valence electrons. The van der Waals surface area contributed by atoms with Crippen LogP contribution in [0.2, 0.25) is 0 Å². The summed E-state index contributed by atoms with van der Waals surface area (Å²) in [7, 11) is -0.0860.